The molecule has 1 saturated heterocycles. The van der Waals surface area contributed by atoms with Gasteiger partial charge in [-0.3, -0.25) is 9.78 Å². The van der Waals surface area contributed by atoms with Gasteiger partial charge < -0.3 is 15.0 Å². The number of anilines is 2. The third-order valence-electron chi connectivity index (χ3n) is 3.42. The summed E-state index contributed by atoms with van der Waals surface area (Å²) in [5, 5.41) is 3.27. The third kappa shape index (κ3) is 3.20. The van der Waals surface area contributed by atoms with Crippen molar-refractivity contribution in [3.63, 3.8) is 0 Å². The lowest BCUT2D eigenvalue weighted by atomic mass is 10.1. The molecule has 1 fully saturated rings. The Morgan fingerprint density at radius 2 is 1.81 bits per heavy atom. The molecule has 2 heterocycles. The highest BCUT2D eigenvalue weighted by atomic mass is 16.5. The minimum Gasteiger partial charge on any atom is -0.378 e. The highest BCUT2D eigenvalue weighted by Crippen LogP contribution is 2.22. The van der Waals surface area contributed by atoms with Crippen molar-refractivity contribution in [2.45, 2.75) is 0 Å². The number of hydrogen-bond donors (Lipinski definition) is 1. The summed E-state index contributed by atoms with van der Waals surface area (Å²) in [5.41, 5.74) is 2.39. The molecule has 0 unspecified atom stereocenters. The Bertz CT molecular complexity index is 610. The van der Waals surface area contributed by atoms with Crippen molar-refractivity contribution in [3.05, 3.63) is 54.4 Å². The number of carbonyl (C=O) groups excluding carboxylic acids is 1. The molecule has 1 aliphatic rings. The van der Waals surface area contributed by atoms with Crippen LogP contribution in [0.1, 0.15) is 10.4 Å². The van der Waals surface area contributed by atoms with E-state index in [1.54, 1.807) is 12.4 Å². The Hall–Kier alpha value is -2.40. The van der Waals surface area contributed by atoms with E-state index in [0.29, 0.717) is 31.9 Å². The van der Waals surface area contributed by atoms with E-state index in [0.717, 1.165) is 11.4 Å². The molecule has 108 valence electrons. The first-order valence-corrected chi connectivity index (χ1v) is 6.98. The van der Waals surface area contributed by atoms with E-state index in [1.807, 2.05) is 41.3 Å². The fraction of sp³-hybridized carbons (Fsp3) is 0.250. The monoisotopic (exact) mass is 283 g/mol. The molecule has 5 heteroatoms. The van der Waals surface area contributed by atoms with Crippen molar-refractivity contribution in [1.29, 1.82) is 0 Å². The van der Waals surface area contributed by atoms with Crippen LogP contribution in [0.15, 0.2) is 48.8 Å². The fourth-order valence-corrected chi connectivity index (χ4v) is 2.31. The minimum absolute atomic E-state index is 0.0375. The van der Waals surface area contributed by atoms with Crippen molar-refractivity contribution < 1.29 is 9.53 Å². The van der Waals surface area contributed by atoms with Crippen LogP contribution < -0.4 is 5.32 Å². The van der Waals surface area contributed by atoms with Gasteiger partial charge in [0.15, 0.2) is 0 Å². The molecule has 0 aliphatic carbocycles. The van der Waals surface area contributed by atoms with Crippen LogP contribution in [0.5, 0.6) is 0 Å². The SMILES string of the molecule is O=C(c1ccccc1Nc1ccncc1)N1CCOCC1. The molecule has 2 aromatic rings. The third-order valence-corrected chi connectivity index (χ3v) is 3.42. The summed E-state index contributed by atoms with van der Waals surface area (Å²) in [6, 6.07) is 11.3. The molecule has 0 spiro atoms. The summed E-state index contributed by atoms with van der Waals surface area (Å²) in [4.78, 5) is 18.4. The van der Waals surface area contributed by atoms with Crippen molar-refractivity contribution in [2.75, 3.05) is 31.6 Å². The largest absolute Gasteiger partial charge is 0.378 e. The second kappa shape index (κ2) is 6.37. The molecule has 21 heavy (non-hydrogen) atoms. The van der Waals surface area contributed by atoms with Crippen LogP contribution in [-0.2, 0) is 4.74 Å². The summed E-state index contributed by atoms with van der Waals surface area (Å²) >= 11 is 0. The number of nitrogens with zero attached hydrogens (tertiary/aromatic N) is 2. The molecule has 0 saturated carbocycles. The average molecular weight is 283 g/mol. The lowest BCUT2D eigenvalue weighted by Crippen LogP contribution is -2.40. The molecule has 1 amide bonds. The van der Waals surface area contributed by atoms with Crippen LogP contribution in [0, 0.1) is 0 Å². The number of para-hydroxylation sites is 1. The van der Waals surface area contributed by atoms with Crippen LogP contribution in [0.25, 0.3) is 0 Å². The highest BCUT2D eigenvalue weighted by Gasteiger charge is 2.20. The van der Waals surface area contributed by atoms with Crippen LogP contribution in [0.4, 0.5) is 11.4 Å². The Morgan fingerprint density at radius 3 is 2.57 bits per heavy atom. The van der Waals surface area contributed by atoms with Crippen molar-refractivity contribution in [3.8, 4) is 0 Å². The maximum absolute atomic E-state index is 12.6. The molecule has 1 N–H and O–H groups in total. The number of amides is 1. The number of rotatable bonds is 3. The fourth-order valence-electron chi connectivity index (χ4n) is 2.31. The Balaban J connectivity index is 1.83. The zero-order chi connectivity index (χ0) is 14.5. The first-order valence-electron chi connectivity index (χ1n) is 6.98. The number of benzene rings is 1. The van der Waals surface area contributed by atoms with E-state index in [9.17, 15) is 4.79 Å². The van der Waals surface area contributed by atoms with Crippen LogP contribution in [0.2, 0.25) is 0 Å². The van der Waals surface area contributed by atoms with Gasteiger partial charge in [0.2, 0.25) is 0 Å². The smallest absolute Gasteiger partial charge is 0.256 e. The van der Waals surface area contributed by atoms with Gasteiger partial charge in [-0.2, -0.15) is 0 Å². The molecule has 1 aliphatic heterocycles. The second-order valence-electron chi connectivity index (χ2n) is 4.81. The lowest BCUT2D eigenvalue weighted by Gasteiger charge is -2.27. The molecule has 0 atom stereocenters. The number of aromatic nitrogens is 1. The van der Waals surface area contributed by atoms with E-state index >= 15 is 0 Å². The topological polar surface area (TPSA) is 54.5 Å². The number of nitrogens with one attached hydrogen (secondary N) is 1. The average Bonchev–Trinajstić information content (AvgIpc) is 2.56. The first kappa shape index (κ1) is 13.6. The van der Waals surface area contributed by atoms with Crippen LogP contribution >= 0.6 is 0 Å². The first-order chi connectivity index (χ1) is 10.3. The zero-order valence-electron chi connectivity index (χ0n) is 11.7. The lowest BCUT2D eigenvalue weighted by molar-refractivity contribution is 0.0303. The van der Waals surface area contributed by atoms with Gasteiger partial charge in [0, 0.05) is 31.2 Å². The van der Waals surface area contributed by atoms with Crippen LogP contribution in [0.3, 0.4) is 0 Å². The molecular weight excluding hydrogens is 266 g/mol. The standard InChI is InChI=1S/C16H17N3O2/c20-16(19-9-11-21-12-10-19)14-3-1-2-4-15(14)18-13-5-7-17-8-6-13/h1-8H,9-12H2,(H,17,18). The summed E-state index contributed by atoms with van der Waals surface area (Å²) in [7, 11) is 0. The van der Waals surface area contributed by atoms with E-state index in [2.05, 4.69) is 10.3 Å². The minimum atomic E-state index is 0.0375. The molecule has 5 nitrogen and oxygen atoms in total. The number of ether oxygens (including phenoxy) is 1. The van der Waals surface area contributed by atoms with Crippen LogP contribution in [-0.4, -0.2) is 42.1 Å². The summed E-state index contributed by atoms with van der Waals surface area (Å²) < 4.78 is 5.30. The van der Waals surface area contributed by atoms with Crippen molar-refractivity contribution in [2.24, 2.45) is 0 Å². The van der Waals surface area contributed by atoms with E-state index in [1.165, 1.54) is 0 Å². The number of carbonyl (C=O) groups is 1. The molecule has 1 aromatic heterocycles. The van der Waals surface area contributed by atoms with Gasteiger partial charge in [-0.25, -0.2) is 0 Å². The summed E-state index contributed by atoms with van der Waals surface area (Å²) in [6.45, 7) is 2.49. The molecule has 0 bridgehead atoms. The van der Waals surface area contributed by atoms with Gasteiger partial charge in [-0.05, 0) is 24.3 Å². The number of pyridine rings is 1. The summed E-state index contributed by atoms with van der Waals surface area (Å²) in [6.07, 6.45) is 3.43. The van der Waals surface area contributed by atoms with Gasteiger partial charge in [0.05, 0.1) is 24.5 Å². The van der Waals surface area contributed by atoms with Gasteiger partial charge >= 0.3 is 0 Å². The normalized spacial score (nSPS) is 14.8. The predicted molar refractivity (Wildman–Crippen MR) is 80.7 cm³/mol. The van der Waals surface area contributed by atoms with Gasteiger partial charge in [0.1, 0.15) is 0 Å². The second-order valence-corrected chi connectivity index (χ2v) is 4.81. The zero-order valence-corrected chi connectivity index (χ0v) is 11.7. The van der Waals surface area contributed by atoms with Crippen molar-refractivity contribution >= 4 is 17.3 Å². The van der Waals surface area contributed by atoms with E-state index < -0.39 is 0 Å². The van der Waals surface area contributed by atoms with Gasteiger partial charge in [0.25, 0.3) is 5.91 Å². The van der Waals surface area contributed by atoms with Gasteiger partial charge in [-0.1, -0.05) is 12.1 Å². The quantitative estimate of drug-likeness (QED) is 0.939. The molecule has 3 rings (SSSR count). The van der Waals surface area contributed by atoms with E-state index in [-0.39, 0.29) is 5.91 Å². The van der Waals surface area contributed by atoms with Crippen molar-refractivity contribution in [1.82, 2.24) is 9.88 Å². The summed E-state index contributed by atoms with van der Waals surface area (Å²) in [5.74, 6) is 0.0375. The Morgan fingerprint density at radius 1 is 1.10 bits per heavy atom. The predicted octanol–water partition coefficient (Wildman–Crippen LogP) is 2.30. The molecule has 1 aromatic carbocycles. The Labute approximate surface area is 123 Å². The maximum Gasteiger partial charge on any atom is 0.256 e. The Kier molecular flexibility index (Phi) is 4.12. The molecule has 0 radical (unpaired) electrons. The number of morpholine rings is 1. The highest BCUT2D eigenvalue weighted by molar-refractivity contribution is 6.00. The molecular formula is C16H17N3O2. The maximum atomic E-state index is 12.6. The van der Waals surface area contributed by atoms with E-state index in [4.69, 9.17) is 4.74 Å². The number of hydrogen-bond acceptors (Lipinski definition) is 4. The van der Waals surface area contributed by atoms with Gasteiger partial charge in [-0.15, -0.1) is 0 Å².